The molecule has 1 aromatic heterocycles. The van der Waals surface area contributed by atoms with Crippen LogP contribution in [0.5, 0.6) is 0 Å². The third-order valence-corrected chi connectivity index (χ3v) is 2.48. The molecular weight excluding hydrogens is 186 g/mol. The van der Waals surface area contributed by atoms with Gasteiger partial charge in [0.2, 0.25) is 0 Å². The Morgan fingerprint density at radius 1 is 1.40 bits per heavy atom. The maximum atomic E-state index is 11.7. The van der Waals surface area contributed by atoms with Crippen LogP contribution in [0.25, 0.3) is 10.9 Å². The van der Waals surface area contributed by atoms with E-state index in [0.717, 1.165) is 16.5 Å². The molecular formula is C13H11NO. The number of para-hydroxylation sites is 1. The fourth-order valence-electron chi connectivity index (χ4n) is 1.76. The predicted molar refractivity (Wildman–Crippen MR) is 61.8 cm³/mol. The van der Waals surface area contributed by atoms with Gasteiger partial charge in [0.25, 0.3) is 5.56 Å². The van der Waals surface area contributed by atoms with Crippen molar-refractivity contribution in [3.05, 3.63) is 46.2 Å². The van der Waals surface area contributed by atoms with E-state index in [4.69, 9.17) is 6.42 Å². The van der Waals surface area contributed by atoms with Gasteiger partial charge in [0.05, 0.1) is 12.1 Å². The van der Waals surface area contributed by atoms with Gasteiger partial charge in [-0.15, -0.1) is 6.42 Å². The average Bonchev–Trinajstić information content (AvgIpc) is 2.24. The molecule has 1 aromatic carbocycles. The fraction of sp³-hybridized carbons (Fsp3) is 0.154. The SMILES string of the molecule is C#CCn1c(=O)cc(C)c2ccccc21. The molecule has 2 rings (SSSR count). The first kappa shape index (κ1) is 9.54. The highest BCUT2D eigenvalue weighted by atomic mass is 16.1. The van der Waals surface area contributed by atoms with Crippen LogP contribution in [0.1, 0.15) is 5.56 Å². The topological polar surface area (TPSA) is 22.0 Å². The molecule has 2 aromatic rings. The summed E-state index contributed by atoms with van der Waals surface area (Å²) < 4.78 is 1.61. The van der Waals surface area contributed by atoms with Crippen LogP contribution in [0.4, 0.5) is 0 Å². The molecule has 1 heterocycles. The number of aromatic nitrogens is 1. The van der Waals surface area contributed by atoms with Crippen molar-refractivity contribution in [1.82, 2.24) is 4.57 Å². The van der Waals surface area contributed by atoms with Gasteiger partial charge in [-0.3, -0.25) is 9.36 Å². The van der Waals surface area contributed by atoms with Gasteiger partial charge < -0.3 is 0 Å². The Balaban J connectivity index is 2.91. The Hall–Kier alpha value is -2.01. The van der Waals surface area contributed by atoms with Crippen LogP contribution in [0.2, 0.25) is 0 Å². The summed E-state index contributed by atoms with van der Waals surface area (Å²) in [7, 11) is 0. The lowest BCUT2D eigenvalue weighted by Crippen LogP contribution is -2.19. The highest BCUT2D eigenvalue weighted by Gasteiger charge is 2.03. The van der Waals surface area contributed by atoms with Crippen molar-refractivity contribution in [3.8, 4) is 12.3 Å². The molecule has 0 spiro atoms. The maximum absolute atomic E-state index is 11.7. The number of rotatable bonds is 1. The summed E-state index contributed by atoms with van der Waals surface area (Å²) in [5.41, 5.74) is 1.86. The van der Waals surface area contributed by atoms with Gasteiger partial charge in [0, 0.05) is 11.5 Å². The van der Waals surface area contributed by atoms with Crippen LogP contribution in [0, 0.1) is 19.3 Å². The minimum atomic E-state index is -0.0378. The van der Waals surface area contributed by atoms with Crippen LogP contribution >= 0.6 is 0 Å². The van der Waals surface area contributed by atoms with Crippen molar-refractivity contribution in [2.75, 3.05) is 0 Å². The van der Waals surface area contributed by atoms with Crippen molar-refractivity contribution in [2.45, 2.75) is 13.5 Å². The zero-order valence-corrected chi connectivity index (χ0v) is 8.53. The molecule has 74 valence electrons. The molecule has 0 N–H and O–H groups in total. The minimum absolute atomic E-state index is 0.0378. The predicted octanol–water partition coefficient (Wildman–Crippen LogP) is 1.94. The smallest absolute Gasteiger partial charge is 0.252 e. The van der Waals surface area contributed by atoms with E-state index in [9.17, 15) is 4.79 Å². The Bertz CT molecular complexity index is 602. The number of nitrogens with zero attached hydrogens (tertiary/aromatic N) is 1. The molecule has 0 unspecified atom stereocenters. The second-order valence-corrected chi connectivity index (χ2v) is 3.47. The van der Waals surface area contributed by atoms with E-state index in [2.05, 4.69) is 5.92 Å². The third kappa shape index (κ3) is 1.53. The number of hydrogen-bond acceptors (Lipinski definition) is 1. The molecule has 15 heavy (non-hydrogen) atoms. The van der Waals surface area contributed by atoms with Crippen molar-refractivity contribution >= 4 is 10.9 Å². The lowest BCUT2D eigenvalue weighted by molar-refractivity contribution is 0.834. The van der Waals surface area contributed by atoms with Crippen LogP contribution < -0.4 is 5.56 Å². The molecule has 0 bridgehead atoms. The van der Waals surface area contributed by atoms with Gasteiger partial charge >= 0.3 is 0 Å². The van der Waals surface area contributed by atoms with Crippen LogP contribution in [0.15, 0.2) is 35.1 Å². The molecule has 0 saturated heterocycles. The summed E-state index contributed by atoms with van der Waals surface area (Å²) in [6.45, 7) is 2.25. The molecule has 0 radical (unpaired) electrons. The van der Waals surface area contributed by atoms with E-state index in [1.54, 1.807) is 10.6 Å². The molecule has 2 nitrogen and oxygen atoms in total. The van der Waals surface area contributed by atoms with Gasteiger partial charge in [-0.25, -0.2) is 0 Å². The molecule has 0 atom stereocenters. The van der Waals surface area contributed by atoms with Crippen LogP contribution in [-0.2, 0) is 6.54 Å². The normalized spacial score (nSPS) is 10.1. The molecule has 0 amide bonds. The Morgan fingerprint density at radius 3 is 2.87 bits per heavy atom. The number of terminal acetylenes is 1. The summed E-state index contributed by atoms with van der Waals surface area (Å²) in [6, 6.07) is 9.41. The van der Waals surface area contributed by atoms with E-state index < -0.39 is 0 Å². The Labute approximate surface area is 88.2 Å². The molecule has 0 aliphatic heterocycles. The summed E-state index contributed by atoms with van der Waals surface area (Å²) in [5, 5.41) is 1.08. The highest BCUT2D eigenvalue weighted by molar-refractivity contribution is 5.82. The molecule has 0 saturated carbocycles. The standard InChI is InChI=1S/C13H11NO/c1-3-8-14-12-7-5-4-6-11(12)10(2)9-13(14)15/h1,4-7,9H,8H2,2H3. The van der Waals surface area contributed by atoms with E-state index >= 15 is 0 Å². The molecule has 2 heteroatoms. The minimum Gasteiger partial charge on any atom is -0.297 e. The second kappa shape index (κ2) is 3.62. The number of hydrogen-bond donors (Lipinski definition) is 0. The zero-order valence-electron chi connectivity index (χ0n) is 8.53. The quantitative estimate of drug-likeness (QED) is 0.640. The fourth-order valence-corrected chi connectivity index (χ4v) is 1.76. The third-order valence-electron chi connectivity index (χ3n) is 2.48. The highest BCUT2D eigenvalue weighted by Crippen LogP contribution is 2.15. The summed E-state index contributed by atoms with van der Waals surface area (Å²) in [6.07, 6.45) is 5.25. The van der Waals surface area contributed by atoms with E-state index in [1.165, 1.54) is 0 Å². The Kier molecular flexibility index (Phi) is 2.31. The van der Waals surface area contributed by atoms with Gasteiger partial charge in [-0.05, 0) is 18.6 Å². The molecule has 0 aliphatic rings. The number of benzene rings is 1. The monoisotopic (exact) mass is 197 g/mol. The van der Waals surface area contributed by atoms with Gasteiger partial charge in [0.15, 0.2) is 0 Å². The largest absolute Gasteiger partial charge is 0.297 e. The first-order valence-corrected chi connectivity index (χ1v) is 4.76. The number of aryl methyl sites for hydroxylation is 1. The zero-order chi connectivity index (χ0) is 10.8. The summed E-state index contributed by atoms with van der Waals surface area (Å²) in [4.78, 5) is 11.7. The van der Waals surface area contributed by atoms with E-state index in [0.29, 0.717) is 6.54 Å². The lowest BCUT2D eigenvalue weighted by Gasteiger charge is -2.08. The number of pyridine rings is 1. The lowest BCUT2D eigenvalue weighted by atomic mass is 10.1. The van der Waals surface area contributed by atoms with Crippen LogP contribution in [-0.4, -0.2) is 4.57 Å². The van der Waals surface area contributed by atoms with E-state index in [1.807, 2.05) is 31.2 Å². The van der Waals surface area contributed by atoms with Crippen molar-refractivity contribution in [1.29, 1.82) is 0 Å². The summed E-state index contributed by atoms with van der Waals surface area (Å²) in [5.74, 6) is 2.50. The maximum Gasteiger partial charge on any atom is 0.252 e. The van der Waals surface area contributed by atoms with Crippen molar-refractivity contribution in [3.63, 3.8) is 0 Å². The van der Waals surface area contributed by atoms with Gasteiger partial charge in [-0.2, -0.15) is 0 Å². The number of fused-ring (bicyclic) bond motifs is 1. The average molecular weight is 197 g/mol. The van der Waals surface area contributed by atoms with Crippen LogP contribution in [0.3, 0.4) is 0 Å². The molecule has 0 aliphatic carbocycles. The molecule has 0 fully saturated rings. The van der Waals surface area contributed by atoms with Gasteiger partial charge in [-0.1, -0.05) is 24.1 Å². The Morgan fingerprint density at radius 2 is 2.13 bits per heavy atom. The first-order chi connectivity index (χ1) is 7.24. The van der Waals surface area contributed by atoms with Crippen molar-refractivity contribution < 1.29 is 0 Å². The summed E-state index contributed by atoms with van der Waals surface area (Å²) >= 11 is 0. The first-order valence-electron chi connectivity index (χ1n) is 4.76. The van der Waals surface area contributed by atoms with Gasteiger partial charge in [0.1, 0.15) is 0 Å². The van der Waals surface area contributed by atoms with E-state index in [-0.39, 0.29) is 5.56 Å². The van der Waals surface area contributed by atoms with Crippen molar-refractivity contribution in [2.24, 2.45) is 0 Å². The second-order valence-electron chi connectivity index (χ2n) is 3.47.